The highest BCUT2D eigenvalue weighted by Gasteiger charge is 2.22. The van der Waals surface area contributed by atoms with Gasteiger partial charge in [0.25, 0.3) is 11.6 Å². The summed E-state index contributed by atoms with van der Waals surface area (Å²) in [4.78, 5) is 25.7. The monoisotopic (exact) mass is 333 g/mol. The fourth-order valence-electron chi connectivity index (χ4n) is 2.35. The molecular weight excluding hydrogens is 314 g/mol. The van der Waals surface area contributed by atoms with Crippen LogP contribution in [0.5, 0.6) is 0 Å². The average Bonchev–Trinajstić information content (AvgIpc) is 3.05. The van der Waals surface area contributed by atoms with Crippen LogP contribution in [0.2, 0.25) is 0 Å². The molecule has 0 aliphatic carbocycles. The highest BCUT2D eigenvalue weighted by molar-refractivity contribution is 7.09. The number of nitro benzene ring substituents is 1. The predicted molar refractivity (Wildman–Crippen MR) is 92.4 cm³/mol. The number of nitrogens with one attached hydrogen (secondary N) is 1. The van der Waals surface area contributed by atoms with Gasteiger partial charge in [-0.05, 0) is 30.5 Å². The van der Waals surface area contributed by atoms with Crippen LogP contribution in [-0.4, -0.2) is 31.0 Å². The fraction of sp³-hybridized carbons (Fsp3) is 0.312. The second kappa shape index (κ2) is 7.23. The van der Waals surface area contributed by atoms with Crippen LogP contribution in [0.25, 0.3) is 0 Å². The van der Waals surface area contributed by atoms with E-state index >= 15 is 0 Å². The van der Waals surface area contributed by atoms with Crippen molar-refractivity contribution in [2.45, 2.75) is 19.4 Å². The van der Waals surface area contributed by atoms with Crippen LogP contribution in [0.4, 0.5) is 11.4 Å². The summed E-state index contributed by atoms with van der Waals surface area (Å²) in [5, 5.41) is 15.9. The Hall–Kier alpha value is -2.41. The van der Waals surface area contributed by atoms with Crippen molar-refractivity contribution in [3.8, 4) is 0 Å². The van der Waals surface area contributed by atoms with Crippen LogP contribution in [0.3, 0.4) is 0 Å². The minimum Gasteiger partial charge on any atom is -0.366 e. The van der Waals surface area contributed by atoms with Gasteiger partial charge in [-0.2, -0.15) is 0 Å². The molecule has 1 heterocycles. The van der Waals surface area contributed by atoms with E-state index in [-0.39, 0.29) is 23.2 Å². The Morgan fingerprint density at radius 3 is 2.74 bits per heavy atom. The Balaban J connectivity index is 2.29. The second-order valence-corrected chi connectivity index (χ2v) is 6.32. The summed E-state index contributed by atoms with van der Waals surface area (Å²) in [6.07, 6.45) is 0.808. The molecule has 0 saturated heterocycles. The zero-order chi connectivity index (χ0) is 17.0. The van der Waals surface area contributed by atoms with E-state index in [2.05, 4.69) is 11.4 Å². The maximum atomic E-state index is 11.7. The third-order valence-corrected chi connectivity index (χ3v) is 4.68. The highest BCUT2D eigenvalue weighted by atomic mass is 32.1. The van der Waals surface area contributed by atoms with Gasteiger partial charge in [0.05, 0.1) is 4.92 Å². The summed E-state index contributed by atoms with van der Waals surface area (Å²) in [5.74, 6) is -0.339. The zero-order valence-electron chi connectivity index (χ0n) is 13.3. The number of likely N-dealkylation sites (N-methyl/N-ethyl adjacent to an activating group) is 1. The molecule has 7 heteroatoms. The average molecular weight is 333 g/mol. The van der Waals surface area contributed by atoms with E-state index < -0.39 is 4.92 Å². The molecule has 0 aliphatic heterocycles. The number of hydrogen-bond donors (Lipinski definition) is 1. The Morgan fingerprint density at radius 2 is 2.17 bits per heavy atom. The molecule has 0 aliphatic rings. The summed E-state index contributed by atoms with van der Waals surface area (Å²) < 4.78 is 0. The molecule has 1 atom stereocenters. The minimum absolute atomic E-state index is 0.0633. The number of rotatable bonds is 6. The summed E-state index contributed by atoms with van der Waals surface area (Å²) in [6.45, 7) is 2.02. The second-order valence-electron chi connectivity index (χ2n) is 5.28. The molecule has 1 unspecified atom stereocenters. The van der Waals surface area contributed by atoms with Crippen LogP contribution < -0.4 is 10.2 Å². The van der Waals surface area contributed by atoms with E-state index in [1.54, 1.807) is 23.5 Å². The molecule has 0 radical (unpaired) electrons. The number of thiophene rings is 1. The lowest BCUT2D eigenvalue weighted by atomic mass is 10.1. The third-order valence-electron chi connectivity index (χ3n) is 3.78. The standard InChI is InChI=1S/C16H19N3O3S/c1-11(9-13-5-4-8-23-13)18(3)14-7-6-12(16(20)17-2)10-15(14)19(21)22/h4-8,10-11H,9H2,1-3H3,(H,17,20). The Morgan fingerprint density at radius 1 is 1.43 bits per heavy atom. The summed E-state index contributed by atoms with van der Waals surface area (Å²) >= 11 is 1.67. The highest BCUT2D eigenvalue weighted by Crippen LogP contribution is 2.30. The molecule has 1 aromatic heterocycles. The number of anilines is 1. The topological polar surface area (TPSA) is 75.5 Å². The van der Waals surface area contributed by atoms with E-state index in [1.165, 1.54) is 18.0 Å². The summed E-state index contributed by atoms with van der Waals surface area (Å²) in [5.41, 5.74) is 0.723. The molecule has 2 rings (SSSR count). The van der Waals surface area contributed by atoms with E-state index in [0.717, 1.165) is 6.42 Å². The number of carbonyl (C=O) groups is 1. The first kappa shape index (κ1) is 17.0. The molecule has 6 nitrogen and oxygen atoms in total. The van der Waals surface area contributed by atoms with Crippen molar-refractivity contribution < 1.29 is 9.72 Å². The van der Waals surface area contributed by atoms with Gasteiger partial charge in [-0.25, -0.2) is 0 Å². The Kier molecular flexibility index (Phi) is 5.33. The van der Waals surface area contributed by atoms with Crippen LogP contribution in [0.1, 0.15) is 22.2 Å². The van der Waals surface area contributed by atoms with Gasteiger partial charge >= 0.3 is 0 Å². The first-order chi connectivity index (χ1) is 10.9. The summed E-state index contributed by atoms with van der Waals surface area (Å²) in [7, 11) is 3.33. The van der Waals surface area contributed by atoms with Crippen molar-refractivity contribution in [2.24, 2.45) is 0 Å². The zero-order valence-corrected chi connectivity index (χ0v) is 14.1. The van der Waals surface area contributed by atoms with Crippen LogP contribution >= 0.6 is 11.3 Å². The number of nitrogens with zero attached hydrogens (tertiary/aromatic N) is 2. The first-order valence-electron chi connectivity index (χ1n) is 7.19. The molecule has 1 aromatic carbocycles. The van der Waals surface area contributed by atoms with E-state index in [9.17, 15) is 14.9 Å². The molecular formula is C16H19N3O3S. The van der Waals surface area contributed by atoms with Crippen LogP contribution in [-0.2, 0) is 6.42 Å². The Labute approximate surface area is 138 Å². The first-order valence-corrected chi connectivity index (χ1v) is 8.07. The van der Waals surface area contributed by atoms with Crippen LogP contribution in [0, 0.1) is 10.1 Å². The smallest absolute Gasteiger partial charge is 0.293 e. The number of nitro groups is 1. The number of benzene rings is 1. The van der Waals surface area contributed by atoms with Crippen molar-refractivity contribution in [3.63, 3.8) is 0 Å². The molecule has 23 heavy (non-hydrogen) atoms. The van der Waals surface area contributed by atoms with Crippen molar-refractivity contribution in [1.82, 2.24) is 5.32 Å². The lowest BCUT2D eigenvalue weighted by molar-refractivity contribution is -0.384. The number of hydrogen-bond acceptors (Lipinski definition) is 5. The lowest BCUT2D eigenvalue weighted by Gasteiger charge is -2.26. The largest absolute Gasteiger partial charge is 0.366 e. The van der Waals surface area contributed by atoms with Gasteiger partial charge < -0.3 is 10.2 Å². The maximum Gasteiger partial charge on any atom is 0.293 e. The van der Waals surface area contributed by atoms with Gasteiger partial charge in [0.15, 0.2) is 0 Å². The maximum absolute atomic E-state index is 11.7. The van der Waals surface area contributed by atoms with Gasteiger partial charge in [-0.15, -0.1) is 11.3 Å². The molecule has 0 bridgehead atoms. The number of carbonyl (C=O) groups excluding carboxylic acids is 1. The minimum atomic E-state index is -0.448. The molecule has 122 valence electrons. The van der Waals surface area contributed by atoms with Gasteiger partial charge in [0, 0.05) is 43.1 Å². The third kappa shape index (κ3) is 3.87. The van der Waals surface area contributed by atoms with E-state index in [1.807, 2.05) is 30.3 Å². The van der Waals surface area contributed by atoms with E-state index in [0.29, 0.717) is 5.69 Å². The quantitative estimate of drug-likeness (QED) is 0.651. The molecule has 1 N–H and O–H groups in total. The van der Waals surface area contributed by atoms with Crippen molar-refractivity contribution in [3.05, 3.63) is 56.3 Å². The molecule has 2 aromatic rings. The number of amides is 1. The van der Waals surface area contributed by atoms with Gasteiger partial charge in [-0.3, -0.25) is 14.9 Å². The SMILES string of the molecule is CNC(=O)c1ccc(N(C)C(C)Cc2cccs2)c([N+](=O)[O-])c1. The Bertz CT molecular complexity index is 701. The molecule has 0 spiro atoms. The van der Waals surface area contributed by atoms with Gasteiger partial charge in [0.2, 0.25) is 0 Å². The predicted octanol–water partition coefficient (Wildman–Crippen LogP) is 3.08. The van der Waals surface area contributed by atoms with Gasteiger partial charge in [0.1, 0.15) is 5.69 Å². The fourth-order valence-corrected chi connectivity index (χ4v) is 3.17. The van der Waals surface area contributed by atoms with E-state index in [4.69, 9.17) is 0 Å². The molecule has 0 saturated carbocycles. The van der Waals surface area contributed by atoms with Gasteiger partial charge in [-0.1, -0.05) is 6.07 Å². The van der Waals surface area contributed by atoms with Crippen molar-refractivity contribution in [1.29, 1.82) is 0 Å². The normalized spacial score (nSPS) is 11.8. The summed E-state index contributed by atoms with van der Waals surface area (Å²) in [6, 6.07) is 8.70. The molecule has 1 amide bonds. The lowest BCUT2D eigenvalue weighted by Crippen LogP contribution is -2.31. The van der Waals surface area contributed by atoms with Crippen molar-refractivity contribution >= 4 is 28.6 Å². The van der Waals surface area contributed by atoms with Crippen LogP contribution in [0.15, 0.2) is 35.7 Å². The van der Waals surface area contributed by atoms with Crippen molar-refractivity contribution in [2.75, 3.05) is 19.0 Å². The molecule has 0 fully saturated rings.